The van der Waals surface area contributed by atoms with E-state index in [4.69, 9.17) is 9.15 Å². The number of rotatable bonds is 7. The lowest BCUT2D eigenvalue weighted by atomic mass is 10.2. The standard InChI is InChI=1S/C22H21N3O4/c1-16-4-6-18(7-5-16)15-29-19-10-8-17(9-11-19)13-24-25-22(27)21(26)23-14-20-3-2-12-28-20/h2-13H,14-15H2,1H3,(H,23,26)(H,25,27). The average molecular weight is 391 g/mol. The molecule has 2 amide bonds. The number of benzene rings is 2. The van der Waals surface area contributed by atoms with Gasteiger partial charge in [-0.15, -0.1) is 0 Å². The van der Waals surface area contributed by atoms with Crippen molar-refractivity contribution in [2.45, 2.75) is 20.1 Å². The highest BCUT2D eigenvalue weighted by Crippen LogP contribution is 2.14. The van der Waals surface area contributed by atoms with E-state index in [-0.39, 0.29) is 6.54 Å². The molecule has 0 atom stereocenters. The summed E-state index contributed by atoms with van der Waals surface area (Å²) in [6, 6.07) is 18.8. The van der Waals surface area contributed by atoms with E-state index < -0.39 is 11.8 Å². The van der Waals surface area contributed by atoms with Crippen LogP contribution in [0.2, 0.25) is 0 Å². The Balaban J connectivity index is 1.42. The van der Waals surface area contributed by atoms with Gasteiger partial charge in [-0.25, -0.2) is 5.43 Å². The third kappa shape index (κ3) is 6.35. The molecule has 3 rings (SSSR count). The van der Waals surface area contributed by atoms with E-state index in [1.165, 1.54) is 18.0 Å². The Hall–Kier alpha value is -3.87. The summed E-state index contributed by atoms with van der Waals surface area (Å²) in [4.78, 5) is 23.4. The molecule has 0 aliphatic rings. The maximum absolute atomic E-state index is 11.7. The minimum atomic E-state index is -0.856. The summed E-state index contributed by atoms with van der Waals surface area (Å²) in [7, 11) is 0. The number of furan rings is 1. The van der Waals surface area contributed by atoms with Crippen molar-refractivity contribution in [1.82, 2.24) is 10.7 Å². The maximum Gasteiger partial charge on any atom is 0.329 e. The van der Waals surface area contributed by atoms with Gasteiger partial charge in [0.1, 0.15) is 18.1 Å². The molecular weight excluding hydrogens is 370 g/mol. The number of nitrogens with one attached hydrogen (secondary N) is 2. The summed E-state index contributed by atoms with van der Waals surface area (Å²) >= 11 is 0. The van der Waals surface area contributed by atoms with E-state index in [0.29, 0.717) is 12.4 Å². The number of ether oxygens (including phenoxy) is 1. The Morgan fingerprint density at radius 2 is 1.79 bits per heavy atom. The monoisotopic (exact) mass is 391 g/mol. The van der Waals surface area contributed by atoms with E-state index in [2.05, 4.69) is 15.8 Å². The third-order valence-corrected chi connectivity index (χ3v) is 4.00. The van der Waals surface area contributed by atoms with E-state index in [9.17, 15) is 9.59 Å². The van der Waals surface area contributed by atoms with Crippen LogP contribution in [0.5, 0.6) is 5.75 Å². The van der Waals surface area contributed by atoms with Crippen molar-refractivity contribution in [1.29, 1.82) is 0 Å². The van der Waals surface area contributed by atoms with Crippen LogP contribution >= 0.6 is 0 Å². The van der Waals surface area contributed by atoms with Crippen LogP contribution in [0, 0.1) is 6.92 Å². The molecule has 1 heterocycles. The minimum Gasteiger partial charge on any atom is -0.489 e. The van der Waals surface area contributed by atoms with Crippen molar-refractivity contribution >= 4 is 18.0 Å². The van der Waals surface area contributed by atoms with Crippen LogP contribution in [-0.2, 0) is 22.7 Å². The number of carbonyl (C=O) groups is 2. The molecule has 148 valence electrons. The van der Waals surface area contributed by atoms with Crippen molar-refractivity contribution in [2.24, 2.45) is 5.10 Å². The highest BCUT2D eigenvalue weighted by molar-refractivity contribution is 6.35. The topological polar surface area (TPSA) is 92.9 Å². The van der Waals surface area contributed by atoms with Crippen molar-refractivity contribution in [3.63, 3.8) is 0 Å². The van der Waals surface area contributed by atoms with Crippen LogP contribution in [-0.4, -0.2) is 18.0 Å². The normalized spacial score (nSPS) is 10.7. The van der Waals surface area contributed by atoms with Gasteiger partial charge in [0, 0.05) is 0 Å². The first kappa shape index (κ1) is 19.9. The highest BCUT2D eigenvalue weighted by atomic mass is 16.5. The number of aryl methyl sites for hydroxylation is 1. The van der Waals surface area contributed by atoms with Gasteiger partial charge in [0.2, 0.25) is 0 Å². The molecular formula is C22H21N3O4. The number of hydrogen-bond donors (Lipinski definition) is 2. The lowest BCUT2D eigenvalue weighted by molar-refractivity contribution is -0.139. The van der Waals surface area contributed by atoms with Gasteiger partial charge in [-0.3, -0.25) is 9.59 Å². The minimum absolute atomic E-state index is 0.132. The maximum atomic E-state index is 11.7. The Morgan fingerprint density at radius 1 is 1.03 bits per heavy atom. The van der Waals surface area contributed by atoms with Gasteiger partial charge < -0.3 is 14.5 Å². The summed E-state index contributed by atoms with van der Waals surface area (Å²) in [5, 5.41) is 6.23. The fraction of sp³-hybridized carbons (Fsp3) is 0.136. The first-order valence-corrected chi connectivity index (χ1v) is 9.02. The molecule has 7 heteroatoms. The second-order valence-electron chi connectivity index (χ2n) is 6.30. The Kier molecular flexibility index (Phi) is 6.78. The lowest BCUT2D eigenvalue weighted by Crippen LogP contribution is -2.37. The molecule has 0 spiro atoms. The molecule has 0 aliphatic heterocycles. The summed E-state index contributed by atoms with van der Waals surface area (Å²) in [6.45, 7) is 2.66. The predicted molar refractivity (Wildman–Crippen MR) is 108 cm³/mol. The molecule has 0 bridgehead atoms. The quantitative estimate of drug-likeness (QED) is 0.368. The van der Waals surface area contributed by atoms with Crippen molar-refractivity contribution in [2.75, 3.05) is 0 Å². The van der Waals surface area contributed by atoms with E-state index in [0.717, 1.165) is 16.9 Å². The summed E-state index contributed by atoms with van der Waals surface area (Å²) in [5.41, 5.74) is 5.24. The molecule has 0 aliphatic carbocycles. The number of hydrogen-bond acceptors (Lipinski definition) is 5. The number of nitrogens with zero attached hydrogens (tertiary/aromatic N) is 1. The Bertz CT molecular complexity index is 962. The number of amides is 2. The van der Waals surface area contributed by atoms with Crippen LogP contribution in [0.4, 0.5) is 0 Å². The molecule has 7 nitrogen and oxygen atoms in total. The Labute approximate surface area is 168 Å². The first-order chi connectivity index (χ1) is 14.1. The van der Waals surface area contributed by atoms with E-state index in [1.807, 2.05) is 43.3 Å². The fourth-order valence-electron chi connectivity index (χ4n) is 2.38. The molecule has 0 radical (unpaired) electrons. The first-order valence-electron chi connectivity index (χ1n) is 9.02. The van der Waals surface area contributed by atoms with Gasteiger partial charge in [0.15, 0.2) is 0 Å². The number of carbonyl (C=O) groups excluding carboxylic acids is 2. The fourth-order valence-corrected chi connectivity index (χ4v) is 2.38. The average Bonchev–Trinajstić information content (AvgIpc) is 3.26. The van der Waals surface area contributed by atoms with Crippen LogP contribution < -0.4 is 15.5 Å². The van der Waals surface area contributed by atoms with Crippen LogP contribution in [0.15, 0.2) is 76.4 Å². The summed E-state index contributed by atoms with van der Waals surface area (Å²) in [6.07, 6.45) is 2.94. The number of hydrazone groups is 1. The zero-order valence-corrected chi connectivity index (χ0v) is 15.9. The van der Waals surface area contributed by atoms with Gasteiger partial charge >= 0.3 is 11.8 Å². The van der Waals surface area contributed by atoms with E-state index in [1.54, 1.807) is 24.3 Å². The zero-order chi connectivity index (χ0) is 20.5. The largest absolute Gasteiger partial charge is 0.489 e. The molecule has 0 saturated heterocycles. The predicted octanol–water partition coefficient (Wildman–Crippen LogP) is 2.93. The molecule has 0 fully saturated rings. The highest BCUT2D eigenvalue weighted by Gasteiger charge is 2.12. The van der Waals surface area contributed by atoms with Crippen molar-refractivity contribution in [3.05, 3.63) is 89.4 Å². The third-order valence-electron chi connectivity index (χ3n) is 4.00. The summed E-state index contributed by atoms with van der Waals surface area (Å²) < 4.78 is 10.8. The smallest absolute Gasteiger partial charge is 0.329 e. The van der Waals surface area contributed by atoms with Gasteiger partial charge in [-0.1, -0.05) is 29.8 Å². The zero-order valence-electron chi connectivity index (χ0n) is 15.9. The van der Waals surface area contributed by atoms with Gasteiger partial charge in [-0.2, -0.15) is 5.10 Å². The molecule has 29 heavy (non-hydrogen) atoms. The van der Waals surface area contributed by atoms with Crippen LogP contribution in [0.25, 0.3) is 0 Å². The molecule has 0 unspecified atom stereocenters. The lowest BCUT2D eigenvalue weighted by Gasteiger charge is -2.07. The molecule has 0 saturated carbocycles. The molecule has 2 N–H and O–H groups in total. The second kappa shape index (κ2) is 9.89. The van der Waals surface area contributed by atoms with Crippen molar-refractivity contribution < 1.29 is 18.7 Å². The van der Waals surface area contributed by atoms with Crippen LogP contribution in [0.1, 0.15) is 22.5 Å². The molecule has 3 aromatic rings. The molecule has 1 aromatic heterocycles. The second-order valence-corrected chi connectivity index (χ2v) is 6.30. The molecule has 2 aromatic carbocycles. The Morgan fingerprint density at radius 3 is 2.48 bits per heavy atom. The van der Waals surface area contributed by atoms with Crippen molar-refractivity contribution in [3.8, 4) is 5.75 Å². The van der Waals surface area contributed by atoms with E-state index >= 15 is 0 Å². The van der Waals surface area contributed by atoms with Gasteiger partial charge in [0.25, 0.3) is 0 Å². The van der Waals surface area contributed by atoms with Gasteiger partial charge in [0.05, 0.1) is 19.0 Å². The summed E-state index contributed by atoms with van der Waals surface area (Å²) in [5.74, 6) is -0.368. The van der Waals surface area contributed by atoms with Gasteiger partial charge in [-0.05, 0) is 54.4 Å². The van der Waals surface area contributed by atoms with Crippen LogP contribution in [0.3, 0.4) is 0 Å². The SMILES string of the molecule is Cc1ccc(COc2ccc(C=NNC(=O)C(=O)NCc3ccco3)cc2)cc1.